The monoisotopic (exact) mass is 444 g/mol. The largest absolute Gasteiger partial charge is 0.352 e. The lowest BCUT2D eigenvalue weighted by Crippen LogP contribution is -2.32. The number of anilines is 1. The number of hydrogen-bond acceptors (Lipinski definition) is 4. The summed E-state index contributed by atoms with van der Waals surface area (Å²) in [6.07, 6.45) is 5.17. The molecule has 0 unspecified atom stereocenters. The number of aromatic nitrogens is 2. The summed E-state index contributed by atoms with van der Waals surface area (Å²) in [6.45, 7) is 2.38. The van der Waals surface area contributed by atoms with Crippen molar-refractivity contribution in [1.29, 1.82) is 0 Å². The number of sulfonamides is 1. The normalized spacial score (nSPS) is 11.3. The Bertz CT molecular complexity index is 1140. The number of rotatable bonds is 9. The first-order valence-electron chi connectivity index (χ1n) is 9.84. The average Bonchev–Trinajstić information content (AvgIpc) is 3.15. The second kappa shape index (κ2) is 9.74. The molecule has 0 bridgehead atoms. The molecular formula is C22H25FN4O3S. The molecule has 1 N–H and O–H groups in total. The predicted molar refractivity (Wildman–Crippen MR) is 118 cm³/mol. The first kappa shape index (κ1) is 22.5. The van der Waals surface area contributed by atoms with Crippen LogP contribution < -0.4 is 9.62 Å². The highest BCUT2D eigenvalue weighted by atomic mass is 32.2. The molecule has 0 saturated carbocycles. The van der Waals surface area contributed by atoms with E-state index in [1.54, 1.807) is 6.20 Å². The number of nitrogens with one attached hydrogen (secondary N) is 1. The van der Waals surface area contributed by atoms with Crippen molar-refractivity contribution >= 4 is 21.6 Å². The highest BCUT2D eigenvalue weighted by Gasteiger charge is 2.17. The van der Waals surface area contributed by atoms with Gasteiger partial charge in [-0.25, -0.2) is 17.8 Å². The summed E-state index contributed by atoms with van der Waals surface area (Å²) in [6, 6.07) is 13.0. The maximum atomic E-state index is 13.1. The number of carbonyl (C=O) groups excluding carboxylic acids is 1. The van der Waals surface area contributed by atoms with Gasteiger partial charge in [0.2, 0.25) is 15.9 Å². The van der Waals surface area contributed by atoms with Gasteiger partial charge in [-0.1, -0.05) is 18.2 Å². The average molecular weight is 445 g/mol. The Labute approximate surface area is 181 Å². The van der Waals surface area contributed by atoms with E-state index in [1.807, 2.05) is 42.0 Å². The van der Waals surface area contributed by atoms with Crippen LogP contribution in [-0.4, -0.2) is 36.7 Å². The lowest BCUT2D eigenvalue weighted by molar-refractivity contribution is -0.121. The Morgan fingerprint density at radius 1 is 1.16 bits per heavy atom. The minimum absolute atomic E-state index is 0.128. The molecule has 164 valence electrons. The molecule has 3 rings (SSSR count). The summed E-state index contributed by atoms with van der Waals surface area (Å²) in [5.74, 6) is 0.230. The van der Waals surface area contributed by atoms with E-state index >= 15 is 0 Å². The van der Waals surface area contributed by atoms with Crippen LogP contribution in [-0.2, 0) is 21.4 Å². The van der Waals surface area contributed by atoms with Gasteiger partial charge in [-0.05, 0) is 49.2 Å². The number of para-hydroxylation sites is 1. The summed E-state index contributed by atoms with van der Waals surface area (Å²) in [5.41, 5.74) is 2.26. The molecule has 0 radical (unpaired) electrons. The molecule has 9 heteroatoms. The van der Waals surface area contributed by atoms with Gasteiger partial charge in [0.05, 0.1) is 17.6 Å². The molecule has 1 heterocycles. The van der Waals surface area contributed by atoms with Gasteiger partial charge >= 0.3 is 0 Å². The number of amides is 1. The first-order valence-corrected chi connectivity index (χ1v) is 11.7. The van der Waals surface area contributed by atoms with Crippen molar-refractivity contribution < 1.29 is 17.6 Å². The molecule has 31 heavy (non-hydrogen) atoms. The van der Waals surface area contributed by atoms with Crippen molar-refractivity contribution in [1.82, 2.24) is 14.9 Å². The number of imidazole rings is 1. The molecule has 0 fully saturated rings. The highest BCUT2D eigenvalue weighted by molar-refractivity contribution is 7.92. The molecule has 0 spiro atoms. The van der Waals surface area contributed by atoms with Crippen molar-refractivity contribution in [3.63, 3.8) is 0 Å². The fourth-order valence-electron chi connectivity index (χ4n) is 3.29. The van der Waals surface area contributed by atoms with Gasteiger partial charge in [-0.15, -0.1) is 0 Å². The zero-order valence-electron chi connectivity index (χ0n) is 17.5. The minimum atomic E-state index is -3.55. The topological polar surface area (TPSA) is 84.3 Å². The van der Waals surface area contributed by atoms with Crippen molar-refractivity contribution in [3.8, 4) is 5.69 Å². The second-order valence-electron chi connectivity index (χ2n) is 7.16. The molecule has 0 aliphatic heterocycles. The highest BCUT2D eigenvalue weighted by Crippen LogP contribution is 2.19. The summed E-state index contributed by atoms with van der Waals surface area (Å²) >= 11 is 0. The van der Waals surface area contributed by atoms with Crippen molar-refractivity contribution in [2.45, 2.75) is 26.3 Å². The zero-order valence-corrected chi connectivity index (χ0v) is 18.3. The van der Waals surface area contributed by atoms with Gasteiger partial charge in [0.1, 0.15) is 11.6 Å². The molecule has 3 aromatic rings. The van der Waals surface area contributed by atoms with Gasteiger partial charge < -0.3 is 9.88 Å². The molecule has 1 aromatic heterocycles. The standard InChI is InChI=1S/C22H25FN4O3S/c1-17-24-13-15-26(17)21-7-4-3-6-18(21)16-25-22(28)8-5-14-27(31(2,29)30)20-11-9-19(23)10-12-20/h3-4,6-7,9-13,15H,5,8,14,16H2,1-2H3,(H,25,28). The second-order valence-corrected chi connectivity index (χ2v) is 9.07. The molecule has 0 aliphatic rings. The summed E-state index contributed by atoms with van der Waals surface area (Å²) in [5, 5.41) is 2.89. The van der Waals surface area contributed by atoms with Crippen LogP contribution in [0.5, 0.6) is 0 Å². The van der Waals surface area contributed by atoms with Crippen LogP contribution in [0.4, 0.5) is 10.1 Å². The summed E-state index contributed by atoms with van der Waals surface area (Å²) < 4.78 is 40.5. The fourth-order valence-corrected chi connectivity index (χ4v) is 4.25. The minimum Gasteiger partial charge on any atom is -0.352 e. The lowest BCUT2D eigenvalue weighted by Gasteiger charge is -2.22. The summed E-state index contributed by atoms with van der Waals surface area (Å²) in [4.78, 5) is 16.6. The third-order valence-electron chi connectivity index (χ3n) is 4.83. The van der Waals surface area contributed by atoms with E-state index in [0.29, 0.717) is 18.7 Å². The predicted octanol–water partition coefficient (Wildman–Crippen LogP) is 3.18. The van der Waals surface area contributed by atoms with Crippen LogP contribution in [0, 0.1) is 12.7 Å². The maximum Gasteiger partial charge on any atom is 0.232 e. The Kier molecular flexibility index (Phi) is 7.06. The number of halogens is 1. The Balaban J connectivity index is 1.57. The Hall–Kier alpha value is -3.20. The Morgan fingerprint density at radius 3 is 2.52 bits per heavy atom. The maximum absolute atomic E-state index is 13.1. The number of benzene rings is 2. The third kappa shape index (κ3) is 5.91. The van der Waals surface area contributed by atoms with E-state index in [9.17, 15) is 17.6 Å². The summed E-state index contributed by atoms with van der Waals surface area (Å²) in [7, 11) is -3.55. The quantitative estimate of drug-likeness (QED) is 0.549. The van der Waals surface area contributed by atoms with Crippen molar-refractivity contribution in [2.75, 3.05) is 17.1 Å². The molecular weight excluding hydrogens is 419 g/mol. The van der Waals surface area contributed by atoms with Crippen LogP contribution in [0.2, 0.25) is 0 Å². The third-order valence-corrected chi connectivity index (χ3v) is 6.03. The van der Waals surface area contributed by atoms with E-state index in [0.717, 1.165) is 23.3 Å². The Morgan fingerprint density at radius 2 is 1.87 bits per heavy atom. The van der Waals surface area contributed by atoms with Crippen molar-refractivity contribution in [3.05, 3.63) is 78.1 Å². The lowest BCUT2D eigenvalue weighted by atomic mass is 10.1. The smallest absolute Gasteiger partial charge is 0.232 e. The number of hydrogen-bond donors (Lipinski definition) is 1. The van der Waals surface area contributed by atoms with E-state index in [2.05, 4.69) is 10.3 Å². The van der Waals surface area contributed by atoms with Crippen LogP contribution in [0.25, 0.3) is 5.69 Å². The van der Waals surface area contributed by atoms with Crippen molar-refractivity contribution in [2.24, 2.45) is 0 Å². The number of nitrogens with zero attached hydrogens (tertiary/aromatic N) is 3. The van der Waals surface area contributed by atoms with E-state index < -0.39 is 15.8 Å². The van der Waals surface area contributed by atoms with E-state index in [1.165, 1.54) is 28.6 Å². The van der Waals surface area contributed by atoms with Crippen LogP contribution >= 0.6 is 0 Å². The number of aryl methyl sites for hydroxylation is 1. The van der Waals surface area contributed by atoms with Crippen LogP contribution in [0.3, 0.4) is 0 Å². The van der Waals surface area contributed by atoms with Gasteiger partial charge in [0.25, 0.3) is 0 Å². The molecule has 0 saturated heterocycles. The molecule has 2 aromatic carbocycles. The van der Waals surface area contributed by atoms with Crippen LogP contribution in [0.1, 0.15) is 24.2 Å². The first-order chi connectivity index (χ1) is 14.8. The molecule has 0 aliphatic carbocycles. The zero-order chi connectivity index (χ0) is 22.4. The van der Waals surface area contributed by atoms with E-state index in [-0.39, 0.29) is 18.9 Å². The molecule has 1 amide bonds. The van der Waals surface area contributed by atoms with Crippen LogP contribution in [0.15, 0.2) is 60.9 Å². The van der Waals surface area contributed by atoms with Gasteiger partial charge in [0, 0.05) is 31.9 Å². The number of carbonyl (C=O) groups is 1. The fraction of sp³-hybridized carbons (Fsp3) is 0.273. The van der Waals surface area contributed by atoms with E-state index in [4.69, 9.17) is 0 Å². The SMILES string of the molecule is Cc1nccn1-c1ccccc1CNC(=O)CCCN(c1ccc(F)cc1)S(C)(=O)=O. The molecule has 0 atom stereocenters. The molecule has 7 nitrogen and oxygen atoms in total. The van der Waals surface area contributed by atoms with Gasteiger partial charge in [-0.3, -0.25) is 9.10 Å². The van der Waals surface area contributed by atoms with Gasteiger partial charge in [0.15, 0.2) is 0 Å². The van der Waals surface area contributed by atoms with Gasteiger partial charge in [-0.2, -0.15) is 0 Å².